The zero-order valence-electron chi connectivity index (χ0n) is 10.7. The van der Waals surface area contributed by atoms with Gasteiger partial charge >= 0.3 is 0 Å². The molecule has 3 heteroatoms. The quantitative estimate of drug-likeness (QED) is 0.818. The van der Waals surface area contributed by atoms with Crippen LogP contribution >= 0.6 is 0 Å². The van der Waals surface area contributed by atoms with Crippen LogP contribution < -0.4 is 11.1 Å². The summed E-state index contributed by atoms with van der Waals surface area (Å²) in [5, 5.41) is 3.37. The molecule has 0 aliphatic carbocycles. The van der Waals surface area contributed by atoms with Crippen LogP contribution in [0.2, 0.25) is 0 Å². The molecule has 0 bridgehead atoms. The van der Waals surface area contributed by atoms with Crippen LogP contribution in [-0.4, -0.2) is 30.6 Å². The second-order valence-electron chi connectivity index (χ2n) is 4.96. The normalized spacial score (nSPS) is 18.2. The lowest BCUT2D eigenvalue weighted by atomic mass is 10.2. The Morgan fingerprint density at radius 1 is 1.24 bits per heavy atom. The first-order valence-corrected chi connectivity index (χ1v) is 6.56. The van der Waals surface area contributed by atoms with Crippen LogP contribution in [0.4, 0.5) is 5.69 Å². The molecule has 0 amide bonds. The first kappa shape index (κ1) is 12.4. The van der Waals surface area contributed by atoms with Gasteiger partial charge in [-0.05, 0) is 50.6 Å². The Bertz CT molecular complexity index is 328. The molecule has 1 saturated heterocycles. The fraction of sp³-hybridized carbons (Fsp3) is 0.571. The first-order chi connectivity index (χ1) is 8.28. The Morgan fingerprint density at radius 3 is 2.47 bits per heavy atom. The molecule has 2 rings (SSSR count). The van der Waals surface area contributed by atoms with Gasteiger partial charge in [-0.15, -0.1) is 0 Å². The van der Waals surface area contributed by atoms with Crippen LogP contribution in [-0.2, 0) is 6.54 Å². The van der Waals surface area contributed by atoms with E-state index in [1.807, 2.05) is 0 Å². The molecule has 1 fully saturated rings. The average Bonchev–Trinajstić information content (AvgIpc) is 2.84. The number of nitrogens with two attached hydrogens (primary N) is 1. The van der Waals surface area contributed by atoms with Gasteiger partial charge in [-0.3, -0.25) is 4.90 Å². The Balaban J connectivity index is 1.88. The van der Waals surface area contributed by atoms with Gasteiger partial charge in [0.25, 0.3) is 0 Å². The fourth-order valence-electron chi connectivity index (χ4n) is 2.25. The number of benzene rings is 1. The molecule has 1 atom stereocenters. The maximum absolute atomic E-state index is 5.59. The van der Waals surface area contributed by atoms with Crippen molar-refractivity contribution in [3.05, 3.63) is 29.8 Å². The van der Waals surface area contributed by atoms with E-state index in [-0.39, 0.29) is 0 Å². The molecule has 1 heterocycles. The second kappa shape index (κ2) is 6.03. The van der Waals surface area contributed by atoms with E-state index in [2.05, 4.69) is 41.4 Å². The van der Waals surface area contributed by atoms with E-state index in [9.17, 15) is 0 Å². The molecule has 1 aromatic carbocycles. The number of nitrogens with zero attached hydrogens (tertiary/aromatic N) is 1. The number of nitrogens with one attached hydrogen (secondary N) is 1. The highest BCUT2D eigenvalue weighted by Crippen LogP contribution is 2.15. The molecule has 0 aromatic heterocycles. The highest BCUT2D eigenvalue weighted by atomic mass is 15.1. The standard InChI is InChI=1S/C14H23N3/c1-12(10-15)16-14-6-4-13(5-7-14)11-17-8-2-3-9-17/h4-7,12,16H,2-3,8-11,15H2,1H3. The number of likely N-dealkylation sites (tertiary alicyclic amines) is 1. The van der Waals surface area contributed by atoms with Crippen LogP contribution in [0.15, 0.2) is 24.3 Å². The van der Waals surface area contributed by atoms with Crippen molar-refractivity contribution in [2.24, 2.45) is 5.73 Å². The summed E-state index contributed by atoms with van der Waals surface area (Å²) in [6.07, 6.45) is 2.71. The van der Waals surface area contributed by atoms with Gasteiger partial charge in [0.15, 0.2) is 0 Å². The van der Waals surface area contributed by atoms with Crippen molar-refractivity contribution < 1.29 is 0 Å². The zero-order chi connectivity index (χ0) is 12.1. The predicted molar refractivity (Wildman–Crippen MR) is 73.1 cm³/mol. The second-order valence-corrected chi connectivity index (χ2v) is 4.96. The SMILES string of the molecule is CC(CN)Nc1ccc(CN2CCCC2)cc1. The van der Waals surface area contributed by atoms with Gasteiger partial charge in [0.1, 0.15) is 0 Å². The van der Waals surface area contributed by atoms with Crippen molar-refractivity contribution in [3.8, 4) is 0 Å². The van der Waals surface area contributed by atoms with Gasteiger partial charge in [-0.2, -0.15) is 0 Å². The van der Waals surface area contributed by atoms with Gasteiger partial charge in [0, 0.05) is 24.8 Å². The molecule has 1 aromatic rings. The fourth-order valence-corrected chi connectivity index (χ4v) is 2.25. The highest BCUT2D eigenvalue weighted by Gasteiger charge is 2.11. The van der Waals surface area contributed by atoms with Gasteiger partial charge in [-0.1, -0.05) is 12.1 Å². The summed E-state index contributed by atoms with van der Waals surface area (Å²) in [4.78, 5) is 2.52. The topological polar surface area (TPSA) is 41.3 Å². The monoisotopic (exact) mass is 233 g/mol. The van der Waals surface area contributed by atoms with Crippen molar-refractivity contribution in [2.75, 3.05) is 25.0 Å². The number of anilines is 1. The third-order valence-corrected chi connectivity index (χ3v) is 3.33. The van der Waals surface area contributed by atoms with Gasteiger partial charge in [0.2, 0.25) is 0 Å². The van der Waals surface area contributed by atoms with Crippen molar-refractivity contribution in [1.29, 1.82) is 0 Å². The Labute approximate surface area is 104 Å². The Morgan fingerprint density at radius 2 is 1.88 bits per heavy atom. The van der Waals surface area contributed by atoms with Gasteiger partial charge in [-0.25, -0.2) is 0 Å². The molecule has 1 aliphatic rings. The molecule has 1 aliphatic heterocycles. The molecule has 0 spiro atoms. The van der Waals surface area contributed by atoms with Crippen LogP contribution in [0.1, 0.15) is 25.3 Å². The van der Waals surface area contributed by atoms with E-state index >= 15 is 0 Å². The zero-order valence-corrected chi connectivity index (χ0v) is 10.7. The van der Waals surface area contributed by atoms with Crippen LogP contribution in [0.25, 0.3) is 0 Å². The minimum Gasteiger partial charge on any atom is -0.381 e. The largest absolute Gasteiger partial charge is 0.381 e. The lowest BCUT2D eigenvalue weighted by Gasteiger charge is -2.16. The summed E-state index contributed by atoms with van der Waals surface area (Å²) >= 11 is 0. The van der Waals surface area contributed by atoms with Crippen LogP contribution in [0.3, 0.4) is 0 Å². The summed E-state index contributed by atoms with van der Waals surface area (Å²) in [6.45, 7) is 6.36. The van der Waals surface area contributed by atoms with Crippen LogP contribution in [0, 0.1) is 0 Å². The van der Waals surface area contributed by atoms with E-state index in [1.54, 1.807) is 0 Å². The van der Waals surface area contributed by atoms with E-state index in [4.69, 9.17) is 5.73 Å². The van der Waals surface area contributed by atoms with E-state index < -0.39 is 0 Å². The van der Waals surface area contributed by atoms with Crippen molar-refractivity contribution in [3.63, 3.8) is 0 Å². The van der Waals surface area contributed by atoms with E-state index in [1.165, 1.54) is 31.5 Å². The molecule has 17 heavy (non-hydrogen) atoms. The molecule has 0 saturated carbocycles. The summed E-state index contributed by atoms with van der Waals surface area (Å²) in [7, 11) is 0. The summed E-state index contributed by atoms with van der Waals surface area (Å²) in [5.41, 5.74) is 8.15. The van der Waals surface area contributed by atoms with Crippen molar-refractivity contribution >= 4 is 5.69 Å². The molecular weight excluding hydrogens is 210 g/mol. The smallest absolute Gasteiger partial charge is 0.0355 e. The number of hydrogen-bond acceptors (Lipinski definition) is 3. The molecular formula is C14H23N3. The van der Waals surface area contributed by atoms with E-state index in [0.29, 0.717) is 12.6 Å². The van der Waals surface area contributed by atoms with Crippen molar-refractivity contribution in [1.82, 2.24) is 4.90 Å². The third kappa shape index (κ3) is 3.72. The lowest BCUT2D eigenvalue weighted by Crippen LogP contribution is -2.25. The highest BCUT2D eigenvalue weighted by molar-refractivity contribution is 5.45. The van der Waals surface area contributed by atoms with Gasteiger partial charge in [0.05, 0.1) is 0 Å². The van der Waals surface area contributed by atoms with Crippen LogP contribution in [0.5, 0.6) is 0 Å². The molecule has 0 radical (unpaired) electrons. The molecule has 3 nitrogen and oxygen atoms in total. The molecule has 94 valence electrons. The van der Waals surface area contributed by atoms with Gasteiger partial charge < -0.3 is 11.1 Å². The maximum Gasteiger partial charge on any atom is 0.0355 e. The Kier molecular flexibility index (Phi) is 4.40. The summed E-state index contributed by atoms with van der Waals surface area (Å²) < 4.78 is 0. The molecule has 3 N–H and O–H groups in total. The van der Waals surface area contributed by atoms with E-state index in [0.717, 1.165) is 12.2 Å². The minimum atomic E-state index is 0.333. The number of hydrogen-bond donors (Lipinski definition) is 2. The third-order valence-electron chi connectivity index (χ3n) is 3.33. The lowest BCUT2D eigenvalue weighted by molar-refractivity contribution is 0.331. The first-order valence-electron chi connectivity index (χ1n) is 6.56. The summed E-state index contributed by atoms with van der Waals surface area (Å²) in [5.74, 6) is 0. The average molecular weight is 233 g/mol. The molecule has 1 unspecified atom stereocenters. The number of rotatable bonds is 5. The maximum atomic E-state index is 5.59. The minimum absolute atomic E-state index is 0.333. The predicted octanol–water partition coefficient (Wildman–Crippen LogP) is 2.04. The summed E-state index contributed by atoms with van der Waals surface area (Å²) in [6, 6.07) is 9.06. The Hall–Kier alpha value is -1.06. The van der Waals surface area contributed by atoms with Crippen molar-refractivity contribution in [2.45, 2.75) is 32.4 Å².